The van der Waals surface area contributed by atoms with E-state index in [4.69, 9.17) is 0 Å². The number of benzene rings is 1. The summed E-state index contributed by atoms with van der Waals surface area (Å²) in [5, 5.41) is 4.06. The standard InChI is InChI=1S/C15H20BrNOS/c1-15(11-16,12-7-3-2-4-8-12)17-14(18)13-9-5-6-10-19-13/h2-4,7-8,13H,5-6,9-11H2,1H3,(H,17,18). The maximum atomic E-state index is 12.4. The van der Waals surface area contributed by atoms with Crippen LogP contribution in [0.15, 0.2) is 30.3 Å². The second-order valence-corrected chi connectivity index (χ2v) is 7.05. The molecule has 0 spiro atoms. The first kappa shape index (κ1) is 14.9. The number of alkyl halides is 1. The minimum absolute atomic E-state index is 0.121. The van der Waals surface area contributed by atoms with Gasteiger partial charge >= 0.3 is 0 Å². The third-order valence-corrected chi connectivity index (χ3v) is 6.05. The van der Waals surface area contributed by atoms with Gasteiger partial charge in [0.2, 0.25) is 5.91 Å². The van der Waals surface area contributed by atoms with E-state index in [9.17, 15) is 4.79 Å². The summed E-state index contributed by atoms with van der Waals surface area (Å²) < 4.78 is 0. The molecule has 0 aromatic heterocycles. The van der Waals surface area contributed by atoms with Crippen LogP contribution in [0.3, 0.4) is 0 Å². The smallest absolute Gasteiger partial charge is 0.233 e. The third kappa shape index (κ3) is 3.76. The highest BCUT2D eigenvalue weighted by atomic mass is 79.9. The molecule has 1 fully saturated rings. The fraction of sp³-hybridized carbons (Fsp3) is 0.533. The number of carbonyl (C=O) groups is 1. The number of halogens is 1. The van der Waals surface area contributed by atoms with Gasteiger partial charge in [0.15, 0.2) is 0 Å². The van der Waals surface area contributed by atoms with E-state index in [0.717, 1.165) is 17.7 Å². The van der Waals surface area contributed by atoms with E-state index in [1.54, 1.807) is 11.8 Å². The van der Waals surface area contributed by atoms with Crippen molar-refractivity contribution >= 4 is 33.6 Å². The summed E-state index contributed by atoms with van der Waals surface area (Å²) in [5.74, 6) is 1.28. The van der Waals surface area contributed by atoms with Crippen molar-refractivity contribution in [1.29, 1.82) is 0 Å². The Kier molecular flexibility index (Phi) is 5.34. The average Bonchev–Trinajstić information content (AvgIpc) is 2.49. The number of carbonyl (C=O) groups excluding carboxylic acids is 1. The molecule has 1 amide bonds. The largest absolute Gasteiger partial charge is 0.345 e. The van der Waals surface area contributed by atoms with Gasteiger partial charge < -0.3 is 5.32 Å². The molecule has 2 unspecified atom stereocenters. The fourth-order valence-corrected chi connectivity index (χ4v) is 3.95. The highest BCUT2D eigenvalue weighted by Gasteiger charge is 2.31. The van der Waals surface area contributed by atoms with E-state index in [-0.39, 0.29) is 16.7 Å². The number of thioether (sulfide) groups is 1. The van der Waals surface area contributed by atoms with Crippen LogP contribution in [0.1, 0.15) is 31.7 Å². The Morgan fingerprint density at radius 3 is 2.74 bits per heavy atom. The maximum absolute atomic E-state index is 12.4. The van der Waals surface area contributed by atoms with Gasteiger partial charge in [-0.25, -0.2) is 0 Å². The van der Waals surface area contributed by atoms with Crippen molar-refractivity contribution in [3.63, 3.8) is 0 Å². The summed E-state index contributed by atoms with van der Waals surface area (Å²) in [7, 11) is 0. The lowest BCUT2D eigenvalue weighted by atomic mass is 9.94. The predicted octanol–water partition coefficient (Wildman–Crippen LogP) is 3.70. The number of nitrogens with one attached hydrogen (secondary N) is 1. The molecule has 104 valence electrons. The highest BCUT2D eigenvalue weighted by molar-refractivity contribution is 9.09. The third-order valence-electron chi connectivity index (χ3n) is 3.55. The molecule has 0 bridgehead atoms. The zero-order chi connectivity index (χ0) is 13.7. The molecule has 2 nitrogen and oxygen atoms in total. The van der Waals surface area contributed by atoms with Crippen molar-refractivity contribution in [2.24, 2.45) is 0 Å². The molecule has 1 saturated heterocycles. The van der Waals surface area contributed by atoms with E-state index >= 15 is 0 Å². The van der Waals surface area contributed by atoms with Crippen LogP contribution in [-0.4, -0.2) is 22.2 Å². The van der Waals surface area contributed by atoms with E-state index in [2.05, 4.69) is 40.3 Å². The number of hydrogen-bond donors (Lipinski definition) is 1. The Morgan fingerprint density at radius 1 is 1.42 bits per heavy atom. The Hall–Kier alpha value is -0.480. The van der Waals surface area contributed by atoms with Crippen molar-refractivity contribution < 1.29 is 4.79 Å². The van der Waals surface area contributed by atoms with Crippen molar-refractivity contribution in [3.8, 4) is 0 Å². The molecule has 1 aliphatic rings. The normalized spacial score (nSPS) is 22.5. The molecule has 0 aliphatic carbocycles. The molecule has 1 aliphatic heterocycles. The molecule has 4 heteroatoms. The average molecular weight is 342 g/mol. The quantitative estimate of drug-likeness (QED) is 0.846. The number of rotatable bonds is 4. The number of amides is 1. The lowest BCUT2D eigenvalue weighted by molar-refractivity contribution is -0.122. The molecule has 0 radical (unpaired) electrons. The zero-order valence-electron chi connectivity index (χ0n) is 11.2. The topological polar surface area (TPSA) is 29.1 Å². The summed E-state index contributed by atoms with van der Waals surface area (Å²) in [6.45, 7) is 2.07. The summed E-state index contributed by atoms with van der Waals surface area (Å²) in [4.78, 5) is 12.4. The molecule has 19 heavy (non-hydrogen) atoms. The maximum Gasteiger partial charge on any atom is 0.233 e. The second kappa shape index (κ2) is 6.80. The van der Waals surface area contributed by atoms with Crippen LogP contribution in [0.25, 0.3) is 0 Å². The first-order chi connectivity index (χ1) is 9.15. The highest BCUT2D eigenvalue weighted by Crippen LogP contribution is 2.28. The lowest BCUT2D eigenvalue weighted by Crippen LogP contribution is -2.48. The molecule has 2 atom stereocenters. The van der Waals surface area contributed by atoms with Gasteiger partial charge in [0.25, 0.3) is 0 Å². The first-order valence-electron chi connectivity index (χ1n) is 6.71. The minimum atomic E-state index is -0.337. The van der Waals surface area contributed by atoms with Gasteiger partial charge in [0, 0.05) is 5.33 Å². The molecule has 1 heterocycles. The summed E-state index contributed by atoms with van der Waals surface area (Å²) in [6.07, 6.45) is 3.41. The Bertz CT molecular complexity index is 419. The van der Waals surface area contributed by atoms with Crippen LogP contribution in [-0.2, 0) is 10.3 Å². The van der Waals surface area contributed by atoms with Crippen LogP contribution >= 0.6 is 27.7 Å². The van der Waals surface area contributed by atoms with Crippen molar-refractivity contribution in [2.75, 3.05) is 11.1 Å². The van der Waals surface area contributed by atoms with Crippen LogP contribution < -0.4 is 5.32 Å². The summed E-state index contributed by atoms with van der Waals surface area (Å²) >= 11 is 5.33. The second-order valence-electron chi connectivity index (χ2n) is 5.18. The molecule has 0 saturated carbocycles. The van der Waals surface area contributed by atoms with Crippen molar-refractivity contribution in [3.05, 3.63) is 35.9 Å². The van der Waals surface area contributed by atoms with E-state index in [1.165, 1.54) is 12.8 Å². The zero-order valence-corrected chi connectivity index (χ0v) is 13.6. The van der Waals surface area contributed by atoms with Crippen LogP contribution in [0.4, 0.5) is 0 Å². The van der Waals surface area contributed by atoms with E-state index < -0.39 is 0 Å². The van der Waals surface area contributed by atoms with Crippen molar-refractivity contribution in [2.45, 2.75) is 37.0 Å². The van der Waals surface area contributed by atoms with Gasteiger partial charge in [-0.15, -0.1) is 11.8 Å². The Labute approximate surface area is 127 Å². The van der Waals surface area contributed by atoms with Gasteiger partial charge in [-0.3, -0.25) is 4.79 Å². The predicted molar refractivity (Wildman–Crippen MR) is 85.8 cm³/mol. The van der Waals surface area contributed by atoms with Crippen molar-refractivity contribution in [1.82, 2.24) is 5.32 Å². The lowest BCUT2D eigenvalue weighted by Gasteiger charge is -2.32. The fourth-order valence-electron chi connectivity index (χ4n) is 2.29. The Morgan fingerprint density at radius 2 is 2.16 bits per heavy atom. The van der Waals surface area contributed by atoms with Crippen LogP contribution in [0, 0.1) is 0 Å². The van der Waals surface area contributed by atoms with Crippen LogP contribution in [0.5, 0.6) is 0 Å². The molecule has 1 aromatic rings. The van der Waals surface area contributed by atoms with E-state index in [0.29, 0.717) is 5.33 Å². The molecule has 1 N–H and O–H groups in total. The van der Waals surface area contributed by atoms with E-state index in [1.807, 2.05) is 18.2 Å². The monoisotopic (exact) mass is 341 g/mol. The van der Waals surface area contributed by atoms with Gasteiger partial charge in [0.05, 0.1) is 10.8 Å². The van der Waals surface area contributed by atoms with Crippen LogP contribution in [0.2, 0.25) is 0 Å². The first-order valence-corrected chi connectivity index (χ1v) is 8.88. The number of hydrogen-bond acceptors (Lipinski definition) is 2. The SMILES string of the molecule is CC(CBr)(NC(=O)C1CCCCS1)c1ccccc1. The van der Waals surface area contributed by atoms with Gasteiger partial charge in [0.1, 0.15) is 0 Å². The van der Waals surface area contributed by atoms with Gasteiger partial charge in [-0.05, 0) is 31.1 Å². The molecular weight excluding hydrogens is 322 g/mol. The molecule has 2 rings (SSSR count). The molecular formula is C15H20BrNOS. The minimum Gasteiger partial charge on any atom is -0.345 e. The summed E-state index contributed by atoms with van der Waals surface area (Å²) in [5.41, 5.74) is 0.803. The van der Waals surface area contributed by atoms with Gasteiger partial charge in [-0.1, -0.05) is 52.7 Å². The Balaban J connectivity index is 2.07. The molecule has 1 aromatic carbocycles. The summed E-state index contributed by atoms with van der Waals surface area (Å²) in [6, 6.07) is 10.2. The van der Waals surface area contributed by atoms with Gasteiger partial charge in [-0.2, -0.15) is 0 Å².